The van der Waals surface area contributed by atoms with Gasteiger partial charge in [-0.15, -0.1) is 0 Å². The molecule has 1 atom stereocenters. The molecule has 1 saturated heterocycles. The van der Waals surface area contributed by atoms with E-state index in [9.17, 15) is 0 Å². The van der Waals surface area contributed by atoms with Crippen LogP contribution >= 0.6 is 0 Å². The average Bonchev–Trinajstić information content (AvgIpc) is 3.16. The summed E-state index contributed by atoms with van der Waals surface area (Å²) in [4.78, 5) is 2.45. The van der Waals surface area contributed by atoms with E-state index in [-0.39, 0.29) is 0 Å². The van der Waals surface area contributed by atoms with Gasteiger partial charge >= 0.3 is 0 Å². The molecule has 1 heterocycles. The summed E-state index contributed by atoms with van der Waals surface area (Å²) in [5, 5.41) is 8.84. The van der Waals surface area contributed by atoms with Crippen molar-refractivity contribution in [3.8, 4) is 23.3 Å². The highest BCUT2D eigenvalue weighted by Crippen LogP contribution is 2.36. The van der Waals surface area contributed by atoms with Gasteiger partial charge in [0.2, 0.25) is 0 Å². The molecule has 1 aliphatic heterocycles. The number of likely N-dealkylation sites (tertiary alicyclic amines) is 1. The Kier molecular flexibility index (Phi) is 5.98. The van der Waals surface area contributed by atoms with Crippen molar-refractivity contribution in [2.24, 2.45) is 0 Å². The summed E-state index contributed by atoms with van der Waals surface area (Å²) in [5.41, 5.74) is 1.89. The molecule has 0 N–H and O–H groups in total. The second-order valence-electron chi connectivity index (χ2n) is 6.29. The van der Waals surface area contributed by atoms with Gasteiger partial charge in [0.25, 0.3) is 0 Å². The monoisotopic (exact) mass is 352 g/mol. The van der Waals surface area contributed by atoms with Crippen molar-refractivity contribution in [1.82, 2.24) is 4.90 Å². The van der Waals surface area contributed by atoms with E-state index in [1.54, 1.807) is 26.4 Å². The van der Waals surface area contributed by atoms with Crippen molar-refractivity contribution in [3.63, 3.8) is 0 Å². The van der Waals surface area contributed by atoms with Crippen LogP contribution in [0.2, 0.25) is 0 Å². The molecule has 0 saturated carbocycles. The molecule has 5 heteroatoms. The SMILES string of the molecule is COc1ccc([C@@H]2CCCN2CCOc2ccc(C#N)cc2)cc1OC. The number of nitriles is 1. The summed E-state index contributed by atoms with van der Waals surface area (Å²) in [6, 6.07) is 15.9. The first-order valence-corrected chi connectivity index (χ1v) is 8.84. The third-order valence-corrected chi connectivity index (χ3v) is 4.79. The van der Waals surface area contributed by atoms with Crippen LogP contribution in [-0.4, -0.2) is 38.8 Å². The molecule has 1 aliphatic rings. The largest absolute Gasteiger partial charge is 0.493 e. The van der Waals surface area contributed by atoms with E-state index in [0.717, 1.165) is 36.8 Å². The Bertz CT molecular complexity index is 768. The smallest absolute Gasteiger partial charge is 0.161 e. The Balaban J connectivity index is 1.60. The zero-order valence-electron chi connectivity index (χ0n) is 15.3. The predicted octanol–water partition coefficient (Wildman–Crippen LogP) is 3.79. The lowest BCUT2D eigenvalue weighted by Crippen LogP contribution is -2.28. The van der Waals surface area contributed by atoms with Gasteiger partial charge in [-0.05, 0) is 61.3 Å². The van der Waals surface area contributed by atoms with Gasteiger partial charge in [-0.2, -0.15) is 5.26 Å². The van der Waals surface area contributed by atoms with E-state index in [1.807, 2.05) is 18.2 Å². The van der Waals surface area contributed by atoms with Gasteiger partial charge in [-0.3, -0.25) is 4.90 Å². The first-order chi connectivity index (χ1) is 12.7. The van der Waals surface area contributed by atoms with Crippen molar-refractivity contribution >= 4 is 0 Å². The molecule has 136 valence electrons. The lowest BCUT2D eigenvalue weighted by atomic mass is 10.0. The quantitative estimate of drug-likeness (QED) is 0.759. The molecule has 0 amide bonds. The van der Waals surface area contributed by atoms with E-state index < -0.39 is 0 Å². The van der Waals surface area contributed by atoms with E-state index in [2.05, 4.69) is 23.1 Å². The Morgan fingerprint density at radius 2 is 1.85 bits per heavy atom. The fraction of sp³-hybridized carbons (Fsp3) is 0.381. The minimum Gasteiger partial charge on any atom is -0.493 e. The standard InChI is InChI=1S/C21H24N2O3/c1-24-20-10-7-17(14-21(20)25-2)19-4-3-11-23(19)12-13-26-18-8-5-16(15-22)6-9-18/h5-10,14,19H,3-4,11-13H2,1-2H3/t19-/m0/s1. The van der Waals surface area contributed by atoms with Gasteiger partial charge in [-0.1, -0.05) is 6.07 Å². The topological polar surface area (TPSA) is 54.7 Å². The van der Waals surface area contributed by atoms with Crippen LogP contribution in [0.4, 0.5) is 0 Å². The van der Waals surface area contributed by atoms with Crippen molar-refractivity contribution in [1.29, 1.82) is 5.26 Å². The van der Waals surface area contributed by atoms with Crippen molar-refractivity contribution in [2.45, 2.75) is 18.9 Å². The third kappa shape index (κ3) is 4.09. The summed E-state index contributed by atoms with van der Waals surface area (Å²) >= 11 is 0. The lowest BCUT2D eigenvalue weighted by molar-refractivity contribution is 0.197. The Hall–Kier alpha value is -2.71. The molecule has 2 aromatic carbocycles. The number of methoxy groups -OCH3 is 2. The molecule has 0 aliphatic carbocycles. The van der Waals surface area contributed by atoms with Crippen LogP contribution in [0.3, 0.4) is 0 Å². The minimum absolute atomic E-state index is 0.374. The van der Waals surface area contributed by atoms with Crippen molar-refractivity contribution in [3.05, 3.63) is 53.6 Å². The van der Waals surface area contributed by atoms with Gasteiger partial charge < -0.3 is 14.2 Å². The van der Waals surface area contributed by atoms with E-state index in [4.69, 9.17) is 19.5 Å². The summed E-state index contributed by atoms with van der Waals surface area (Å²) in [7, 11) is 3.32. The third-order valence-electron chi connectivity index (χ3n) is 4.79. The number of nitrogens with zero attached hydrogens (tertiary/aromatic N) is 2. The van der Waals surface area contributed by atoms with Gasteiger partial charge in [0.05, 0.1) is 25.9 Å². The number of hydrogen-bond donors (Lipinski definition) is 0. The van der Waals surface area contributed by atoms with Gasteiger partial charge in [-0.25, -0.2) is 0 Å². The average molecular weight is 352 g/mol. The lowest BCUT2D eigenvalue weighted by Gasteiger charge is -2.25. The van der Waals surface area contributed by atoms with Crippen molar-refractivity contribution < 1.29 is 14.2 Å². The molecular formula is C21H24N2O3. The predicted molar refractivity (Wildman–Crippen MR) is 99.7 cm³/mol. The highest BCUT2D eigenvalue weighted by Gasteiger charge is 2.26. The van der Waals surface area contributed by atoms with Crippen LogP contribution in [-0.2, 0) is 0 Å². The molecule has 0 aromatic heterocycles. The molecule has 0 spiro atoms. The summed E-state index contributed by atoms with van der Waals surface area (Å²) in [5.74, 6) is 2.32. The van der Waals surface area contributed by atoms with E-state index in [0.29, 0.717) is 18.2 Å². The van der Waals surface area contributed by atoms with Crippen molar-refractivity contribution in [2.75, 3.05) is 33.9 Å². The first kappa shape index (κ1) is 18.1. The fourth-order valence-electron chi connectivity index (χ4n) is 3.44. The van der Waals surface area contributed by atoms with Gasteiger partial charge in [0, 0.05) is 12.6 Å². The zero-order valence-corrected chi connectivity index (χ0v) is 15.3. The second-order valence-corrected chi connectivity index (χ2v) is 6.29. The van der Waals surface area contributed by atoms with E-state index in [1.165, 1.54) is 12.0 Å². The van der Waals surface area contributed by atoms with Gasteiger partial charge in [0.1, 0.15) is 12.4 Å². The molecule has 0 bridgehead atoms. The molecule has 0 radical (unpaired) electrons. The number of rotatable bonds is 7. The van der Waals surface area contributed by atoms with Crippen LogP contribution in [0.1, 0.15) is 30.0 Å². The Morgan fingerprint density at radius 3 is 2.54 bits per heavy atom. The Labute approximate surface area is 154 Å². The van der Waals surface area contributed by atoms with E-state index >= 15 is 0 Å². The maximum atomic E-state index is 8.84. The molecule has 3 rings (SSSR count). The molecule has 26 heavy (non-hydrogen) atoms. The molecule has 2 aromatic rings. The maximum absolute atomic E-state index is 8.84. The summed E-state index contributed by atoms with van der Waals surface area (Å²) < 4.78 is 16.6. The van der Waals surface area contributed by atoms with Crippen LogP contribution in [0, 0.1) is 11.3 Å². The zero-order chi connectivity index (χ0) is 18.4. The van der Waals surface area contributed by atoms with Crippen LogP contribution in [0.15, 0.2) is 42.5 Å². The number of ether oxygens (including phenoxy) is 3. The first-order valence-electron chi connectivity index (χ1n) is 8.84. The second kappa shape index (κ2) is 8.59. The van der Waals surface area contributed by atoms with Crippen LogP contribution < -0.4 is 14.2 Å². The maximum Gasteiger partial charge on any atom is 0.161 e. The highest BCUT2D eigenvalue weighted by atomic mass is 16.5. The summed E-state index contributed by atoms with van der Waals surface area (Å²) in [6.07, 6.45) is 2.31. The fourth-order valence-corrected chi connectivity index (χ4v) is 3.44. The van der Waals surface area contributed by atoms with Gasteiger partial charge in [0.15, 0.2) is 11.5 Å². The molecule has 0 unspecified atom stereocenters. The normalized spacial score (nSPS) is 16.9. The summed E-state index contributed by atoms with van der Waals surface area (Å²) in [6.45, 7) is 2.55. The molecular weight excluding hydrogens is 328 g/mol. The minimum atomic E-state index is 0.374. The molecule has 5 nitrogen and oxygen atoms in total. The number of hydrogen-bond acceptors (Lipinski definition) is 5. The molecule has 1 fully saturated rings. The number of benzene rings is 2. The van der Waals surface area contributed by atoms with Crippen LogP contribution in [0.5, 0.6) is 17.2 Å². The van der Waals surface area contributed by atoms with Crippen LogP contribution in [0.25, 0.3) is 0 Å². The Morgan fingerprint density at radius 1 is 1.08 bits per heavy atom. The highest BCUT2D eigenvalue weighted by molar-refractivity contribution is 5.44.